The van der Waals surface area contributed by atoms with E-state index in [2.05, 4.69) is 17.9 Å². The molecule has 0 heterocycles. The summed E-state index contributed by atoms with van der Waals surface area (Å²) in [7, 11) is 1.68. The van der Waals surface area contributed by atoms with E-state index in [0.717, 1.165) is 30.4 Å². The summed E-state index contributed by atoms with van der Waals surface area (Å²) in [6.07, 6.45) is 2.74. The van der Waals surface area contributed by atoms with Crippen LogP contribution in [-0.2, 0) is 0 Å². The number of rotatable bonds is 5. The zero-order chi connectivity index (χ0) is 11.5. The third kappa shape index (κ3) is 2.60. The predicted octanol–water partition coefficient (Wildman–Crippen LogP) is 2.51. The summed E-state index contributed by atoms with van der Waals surface area (Å²) in [6.45, 7) is 4.34. The lowest BCUT2D eigenvalue weighted by molar-refractivity contribution is 0.415. The Balaban J connectivity index is 2.17. The molecule has 2 N–H and O–H groups in total. The standard InChI is InChI=1S/C13H20N2O/c1-3-15(9-10-4-5-10)12-6-11(14)7-13(8-12)16-2/h6-8,10H,3-5,9,14H2,1-2H3. The highest BCUT2D eigenvalue weighted by Crippen LogP contribution is 2.33. The Labute approximate surface area is 97.2 Å². The van der Waals surface area contributed by atoms with Crippen LogP contribution in [0.4, 0.5) is 11.4 Å². The first-order valence-electron chi connectivity index (χ1n) is 5.92. The van der Waals surface area contributed by atoms with Crippen molar-refractivity contribution in [1.29, 1.82) is 0 Å². The maximum atomic E-state index is 5.87. The number of nitrogens with zero attached hydrogens (tertiary/aromatic N) is 1. The lowest BCUT2D eigenvalue weighted by Crippen LogP contribution is -2.25. The summed E-state index contributed by atoms with van der Waals surface area (Å²) in [5, 5.41) is 0. The van der Waals surface area contributed by atoms with Gasteiger partial charge in [0.25, 0.3) is 0 Å². The molecular weight excluding hydrogens is 200 g/mol. The van der Waals surface area contributed by atoms with Gasteiger partial charge in [0.2, 0.25) is 0 Å². The van der Waals surface area contributed by atoms with Crippen LogP contribution in [0.2, 0.25) is 0 Å². The van der Waals surface area contributed by atoms with Gasteiger partial charge >= 0.3 is 0 Å². The molecule has 2 rings (SSSR count). The molecule has 0 bridgehead atoms. The van der Waals surface area contributed by atoms with Gasteiger partial charge in [0, 0.05) is 36.6 Å². The van der Waals surface area contributed by atoms with Crippen molar-refractivity contribution in [2.24, 2.45) is 5.92 Å². The SMILES string of the molecule is CCN(CC1CC1)c1cc(N)cc(OC)c1. The van der Waals surface area contributed by atoms with Crippen molar-refractivity contribution in [3.05, 3.63) is 18.2 Å². The van der Waals surface area contributed by atoms with E-state index >= 15 is 0 Å². The maximum Gasteiger partial charge on any atom is 0.122 e. The molecule has 0 spiro atoms. The summed E-state index contributed by atoms with van der Waals surface area (Å²) >= 11 is 0. The second-order valence-corrected chi connectivity index (χ2v) is 4.45. The molecule has 1 fully saturated rings. The molecule has 1 saturated carbocycles. The van der Waals surface area contributed by atoms with Crippen molar-refractivity contribution < 1.29 is 4.74 Å². The maximum absolute atomic E-state index is 5.87. The van der Waals surface area contributed by atoms with E-state index in [1.165, 1.54) is 18.5 Å². The monoisotopic (exact) mass is 220 g/mol. The van der Waals surface area contributed by atoms with Crippen molar-refractivity contribution >= 4 is 11.4 Å². The van der Waals surface area contributed by atoms with Crippen LogP contribution in [0.15, 0.2) is 18.2 Å². The highest BCUT2D eigenvalue weighted by Gasteiger charge is 2.24. The number of nitrogens with two attached hydrogens (primary N) is 1. The molecule has 1 aromatic rings. The molecule has 1 aliphatic carbocycles. The van der Waals surface area contributed by atoms with Gasteiger partial charge in [-0.25, -0.2) is 0 Å². The molecule has 88 valence electrons. The Kier molecular flexibility index (Phi) is 3.22. The fourth-order valence-corrected chi connectivity index (χ4v) is 1.94. The van der Waals surface area contributed by atoms with Crippen LogP contribution in [0.3, 0.4) is 0 Å². The van der Waals surface area contributed by atoms with Crippen LogP contribution in [0, 0.1) is 5.92 Å². The van der Waals surface area contributed by atoms with E-state index in [-0.39, 0.29) is 0 Å². The predicted molar refractivity (Wildman–Crippen MR) is 68.0 cm³/mol. The van der Waals surface area contributed by atoms with Crippen LogP contribution < -0.4 is 15.4 Å². The second-order valence-electron chi connectivity index (χ2n) is 4.45. The van der Waals surface area contributed by atoms with Gasteiger partial charge in [0.05, 0.1) is 7.11 Å². The average molecular weight is 220 g/mol. The normalized spacial score (nSPS) is 14.9. The molecule has 0 saturated heterocycles. The molecule has 0 atom stereocenters. The number of nitrogen functional groups attached to an aromatic ring is 1. The Hall–Kier alpha value is -1.38. The molecule has 0 aliphatic heterocycles. The first-order chi connectivity index (χ1) is 7.72. The number of methoxy groups -OCH3 is 1. The molecule has 0 unspecified atom stereocenters. The van der Waals surface area contributed by atoms with Crippen LogP contribution in [0.25, 0.3) is 0 Å². The third-order valence-electron chi connectivity index (χ3n) is 3.07. The zero-order valence-corrected chi connectivity index (χ0v) is 10.1. The topological polar surface area (TPSA) is 38.5 Å². The van der Waals surface area contributed by atoms with Gasteiger partial charge in [-0.05, 0) is 31.7 Å². The van der Waals surface area contributed by atoms with Crippen molar-refractivity contribution in [2.45, 2.75) is 19.8 Å². The van der Waals surface area contributed by atoms with Gasteiger partial charge in [-0.2, -0.15) is 0 Å². The summed E-state index contributed by atoms with van der Waals surface area (Å²) in [5.41, 5.74) is 7.81. The van der Waals surface area contributed by atoms with E-state index in [1.807, 2.05) is 12.1 Å². The molecule has 3 heteroatoms. The van der Waals surface area contributed by atoms with Crippen molar-refractivity contribution in [1.82, 2.24) is 0 Å². The lowest BCUT2D eigenvalue weighted by atomic mass is 10.2. The van der Waals surface area contributed by atoms with E-state index < -0.39 is 0 Å². The van der Waals surface area contributed by atoms with E-state index in [0.29, 0.717) is 0 Å². The van der Waals surface area contributed by atoms with E-state index in [4.69, 9.17) is 10.5 Å². The summed E-state index contributed by atoms with van der Waals surface area (Å²) in [4.78, 5) is 2.37. The van der Waals surface area contributed by atoms with Gasteiger partial charge in [-0.1, -0.05) is 0 Å². The van der Waals surface area contributed by atoms with Crippen LogP contribution in [-0.4, -0.2) is 20.2 Å². The summed E-state index contributed by atoms with van der Waals surface area (Å²) in [6, 6.07) is 5.94. The zero-order valence-electron chi connectivity index (χ0n) is 10.1. The molecule has 16 heavy (non-hydrogen) atoms. The second kappa shape index (κ2) is 4.64. The van der Waals surface area contributed by atoms with Gasteiger partial charge in [-0.3, -0.25) is 0 Å². The van der Waals surface area contributed by atoms with Crippen LogP contribution in [0.1, 0.15) is 19.8 Å². The quantitative estimate of drug-likeness (QED) is 0.775. The van der Waals surface area contributed by atoms with Gasteiger partial charge in [-0.15, -0.1) is 0 Å². The molecule has 1 aromatic carbocycles. The minimum Gasteiger partial charge on any atom is -0.497 e. The highest BCUT2D eigenvalue weighted by molar-refractivity contribution is 5.60. The average Bonchev–Trinajstić information content (AvgIpc) is 3.08. The van der Waals surface area contributed by atoms with E-state index in [9.17, 15) is 0 Å². The van der Waals surface area contributed by atoms with Gasteiger partial charge in [0.1, 0.15) is 5.75 Å². The molecule has 3 nitrogen and oxygen atoms in total. The fourth-order valence-electron chi connectivity index (χ4n) is 1.94. The first kappa shape index (κ1) is 11.1. The van der Waals surface area contributed by atoms with Crippen LogP contribution in [0.5, 0.6) is 5.75 Å². The first-order valence-corrected chi connectivity index (χ1v) is 5.92. The Bertz CT molecular complexity index is 361. The minimum absolute atomic E-state index is 0.767. The number of benzene rings is 1. The van der Waals surface area contributed by atoms with Gasteiger partial charge < -0.3 is 15.4 Å². The third-order valence-corrected chi connectivity index (χ3v) is 3.07. The largest absolute Gasteiger partial charge is 0.497 e. The molecule has 1 aliphatic rings. The number of hydrogen-bond acceptors (Lipinski definition) is 3. The Morgan fingerprint density at radius 2 is 2.12 bits per heavy atom. The number of hydrogen-bond donors (Lipinski definition) is 1. The van der Waals surface area contributed by atoms with Crippen LogP contribution >= 0.6 is 0 Å². The molecule has 0 aromatic heterocycles. The highest BCUT2D eigenvalue weighted by atomic mass is 16.5. The van der Waals surface area contributed by atoms with Gasteiger partial charge in [0.15, 0.2) is 0 Å². The molecular formula is C13H20N2O. The minimum atomic E-state index is 0.767. The molecule has 0 radical (unpaired) electrons. The fraction of sp³-hybridized carbons (Fsp3) is 0.538. The lowest BCUT2D eigenvalue weighted by Gasteiger charge is -2.23. The van der Waals surface area contributed by atoms with Crippen molar-refractivity contribution in [3.63, 3.8) is 0 Å². The van der Waals surface area contributed by atoms with E-state index in [1.54, 1.807) is 7.11 Å². The van der Waals surface area contributed by atoms with Crippen molar-refractivity contribution in [3.8, 4) is 5.75 Å². The van der Waals surface area contributed by atoms with Crippen molar-refractivity contribution in [2.75, 3.05) is 30.8 Å². The smallest absolute Gasteiger partial charge is 0.122 e. The number of anilines is 2. The summed E-state index contributed by atoms with van der Waals surface area (Å²) < 4.78 is 5.24. The Morgan fingerprint density at radius 3 is 2.69 bits per heavy atom. The Morgan fingerprint density at radius 1 is 1.38 bits per heavy atom. The molecule has 0 amide bonds. The number of ether oxygens (including phenoxy) is 1. The summed E-state index contributed by atoms with van der Waals surface area (Å²) in [5.74, 6) is 1.72.